The number of rotatable bonds is 3. The standard InChI is InChI=1S/C13H12N4/c1-3-11(16-5-1)13(12-4-2-6-17-12)10-7-14-9-15-8-10/h1-9,13,16-17H. The maximum atomic E-state index is 4.09. The van der Waals surface area contributed by atoms with Crippen LogP contribution in [0, 0.1) is 0 Å². The van der Waals surface area contributed by atoms with Crippen molar-refractivity contribution in [1.29, 1.82) is 0 Å². The lowest BCUT2D eigenvalue weighted by molar-refractivity contribution is 0.877. The zero-order chi connectivity index (χ0) is 11.5. The average molecular weight is 224 g/mol. The molecule has 2 N–H and O–H groups in total. The normalized spacial score (nSPS) is 10.9. The molecule has 0 atom stereocenters. The smallest absolute Gasteiger partial charge is 0.115 e. The lowest BCUT2D eigenvalue weighted by Gasteiger charge is -2.13. The Morgan fingerprint density at radius 1 is 0.882 bits per heavy atom. The van der Waals surface area contributed by atoms with E-state index < -0.39 is 0 Å². The van der Waals surface area contributed by atoms with Crippen LogP contribution >= 0.6 is 0 Å². The third-order valence-corrected chi connectivity index (χ3v) is 2.78. The second kappa shape index (κ2) is 4.25. The van der Waals surface area contributed by atoms with Gasteiger partial charge in [-0.05, 0) is 24.3 Å². The van der Waals surface area contributed by atoms with Gasteiger partial charge in [-0.3, -0.25) is 0 Å². The summed E-state index contributed by atoms with van der Waals surface area (Å²) in [6, 6.07) is 8.13. The quantitative estimate of drug-likeness (QED) is 0.717. The first kappa shape index (κ1) is 9.84. The SMILES string of the molecule is c1c[nH]c(C(c2cncnc2)c2ccc[nH]2)c1. The van der Waals surface area contributed by atoms with E-state index in [1.165, 1.54) is 0 Å². The highest BCUT2D eigenvalue weighted by molar-refractivity contribution is 5.35. The van der Waals surface area contributed by atoms with Gasteiger partial charge in [0.05, 0.1) is 5.92 Å². The van der Waals surface area contributed by atoms with Crippen molar-refractivity contribution in [3.05, 3.63) is 72.3 Å². The molecule has 4 heteroatoms. The van der Waals surface area contributed by atoms with E-state index in [0.717, 1.165) is 17.0 Å². The van der Waals surface area contributed by atoms with Gasteiger partial charge in [-0.1, -0.05) is 0 Å². The van der Waals surface area contributed by atoms with E-state index in [9.17, 15) is 0 Å². The molecule has 17 heavy (non-hydrogen) atoms. The Hall–Kier alpha value is -2.36. The van der Waals surface area contributed by atoms with Gasteiger partial charge in [0.25, 0.3) is 0 Å². The molecule has 0 amide bonds. The van der Waals surface area contributed by atoms with Gasteiger partial charge in [-0.2, -0.15) is 0 Å². The zero-order valence-electron chi connectivity index (χ0n) is 9.17. The largest absolute Gasteiger partial charge is 0.364 e. The molecule has 0 saturated carbocycles. The number of hydrogen-bond donors (Lipinski definition) is 2. The van der Waals surface area contributed by atoms with Crippen LogP contribution < -0.4 is 0 Å². The van der Waals surface area contributed by atoms with Gasteiger partial charge in [0.2, 0.25) is 0 Å². The number of nitrogens with zero attached hydrogens (tertiary/aromatic N) is 2. The van der Waals surface area contributed by atoms with Crippen LogP contribution in [0.2, 0.25) is 0 Å². The Labute approximate surface area is 98.8 Å². The summed E-state index contributed by atoms with van der Waals surface area (Å²) in [4.78, 5) is 14.7. The highest BCUT2D eigenvalue weighted by Crippen LogP contribution is 2.28. The molecule has 0 saturated heterocycles. The lowest BCUT2D eigenvalue weighted by atomic mass is 9.95. The summed E-state index contributed by atoms with van der Waals surface area (Å²) in [5, 5.41) is 0. The third-order valence-electron chi connectivity index (χ3n) is 2.78. The van der Waals surface area contributed by atoms with Crippen molar-refractivity contribution in [2.75, 3.05) is 0 Å². The van der Waals surface area contributed by atoms with Crippen molar-refractivity contribution in [3.8, 4) is 0 Å². The van der Waals surface area contributed by atoms with E-state index in [4.69, 9.17) is 0 Å². The van der Waals surface area contributed by atoms with E-state index in [1.807, 2.05) is 36.9 Å². The molecule has 3 aromatic heterocycles. The Morgan fingerprint density at radius 2 is 1.47 bits per heavy atom. The fourth-order valence-corrected chi connectivity index (χ4v) is 2.03. The first-order chi connectivity index (χ1) is 8.45. The summed E-state index contributed by atoms with van der Waals surface area (Å²) >= 11 is 0. The van der Waals surface area contributed by atoms with Crippen molar-refractivity contribution in [2.45, 2.75) is 5.92 Å². The van der Waals surface area contributed by atoms with Gasteiger partial charge in [0.15, 0.2) is 0 Å². The number of nitrogens with one attached hydrogen (secondary N) is 2. The molecule has 0 bridgehead atoms. The number of H-pyrrole nitrogens is 2. The molecule has 4 nitrogen and oxygen atoms in total. The molecule has 0 fully saturated rings. The molecule has 3 heterocycles. The van der Waals surface area contributed by atoms with Gasteiger partial charge >= 0.3 is 0 Å². The first-order valence-corrected chi connectivity index (χ1v) is 5.46. The molecule has 0 aliphatic rings. The summed E-state index contributed by atoms with van der Waals surface area (Å²) in [5.41, 5.74) is 3.32. The predicted molar refractivity (Wildman–Crippen MR) is 64.6 cm³/mol. The minimum absolute atomic E-state index is 0.126. The Morgan fingerprint density at radius 3 is 1.94 bits per heavy atom. The monoisotopic (exact) mass is 224 g/mol. The van der Waals surface area contributed by atoms with Crippen LogP contribution in [-0.4, -0.2) is 19.9 Å². The molecule has 3 aromatic rings. The second-order valence-corrected chi connectivity index (χ2v) is 3.86. The Balaban J connectivity index is 2.10. The van der Waals surface area contributed by atoms with E-state index in [2.05, 4.69) is 32.1 Å². The summed E-state index contributed by atoms with van der Waals surface area (Å²) in [6.07, 6.45) is 9.09. The zero-order valence-corrected chi connectivity index (χ0v) is 9.17. The van der Waals surface area contributed by atoms with E-state index in [1.54, 1.807) is 6.33 Å². The van der Waals surface area contributed by atoms with Crippen LogP contribution in [0.4, 0.5) is 0 Å². The molecule has 0 radical (unpaired) electrons. The van der Waals surface area contributed by atoms with Crippen molar-refractivity contribution in [3.63, 3.8) is 0 Å². The highest BCUT2D eigenvalue weighted by atomic mass is 14.8. The second-order valence-electron chi connectivity index (χ2n) is 3.86. The van der Waals surface area contributed by atoms with Crippen LogP contribution in [0.3, 0.4) is 0 Å². The van der Waals surface area contributed by atoms with Gasteiger partial charge in [-0.25, -0.2) is 9.97 Å². The molecule has 0 aliphatic heterocycles. The van der Waals surface area contributed by atoms with Crippen molar-refractivity contribution in [2.24, 2.45) is 0 Å². The average Bonchev–Trinajstić information content (AvgIpc) is 3.04. The van der Waals surface area contributed by atoms with Crippen molar-refractivity contribution >= 4 is 0 Å². The molecular formula is C13H12N4. The maximum Gasteiger partial charge on any atom is 0.115 e. The summed E-state index contributed by atoms with van der Waals surface area (Å²) < 4.78 is 0. The van der Waals surface area contributed by atoms with Crippen LogP contribution in [0.15, 0.2) is 55.4 Å². The third kappa shape index (κ3) is 1.85. The molecule has 0 unspecified atom stereocenters. The van der Waals surface area contributed by atoms with E-state index >= 15 is 0 Å². The van der Waals surface area contributed by atoms with E-state index in [-0.39, 0.29) is 5.92 Å². The Kier molecular flexibility index (Phi) is 2.46. The maximum absolute atomic E-state index is 4.09. The van der Waals surface area contributed by atoms with Crippen LogP contribution in [0.5, 0.6) is 0 Å². The number of aromatic amines is 2. The van der Waals surface area contributed by atoms with Gasteiger partial charge in [-0.15, -0.1) is 0 Å². The highest BCUT2D eigenvalue weighted by Gasteiger charge is 2.18. The number of aromatic nitrogens is 4. The lowest BCUT2D eigenvalue weighted by Crippen LogP contribution is -2.05. The Bertz CT molecular complexity index is 521. The number of hydrogen-bond acceptors (Lipinski definition) is 2. The molecule has 0 aromatic carbocycles. The van der Waals surface area contributed by atoms with Gasteiger partial charge in [0.1, 0.15) is 6.33 Å². The molecule has 0 spiro atoms. The van der Waals surface area contributed by atoms with Crippen molar-refractivity contribution in [1.82, 2.24) is 19.9 Å². The fraction of sp³-hybridized carbons (Fsp3) is 0.0769. The van der Waals surface area contributed by atoms with Crippen LogP contribution in [-0.2, 0) is 0 Å². The summed E-state index contributed by atoms with van der Waals surface area (Å²) in [5.74, 6) is 0.126. The molecule has 0 aliphatic carbocycles. The molecule has 3 rings (SSSR count). The topological polar surface area (TPSA) is 57.4 Å². The minimum atomic E-state index is 0.126. The molecular weight excluding hydrogens is 212 g/mol. The minimum Gasteiger partial charge on any atom is -0.364 e. The van der Waals surface area contributed by atoms with Gasteiger partial charge in [0, 0.05) is 41.7 Å². The first-order valence-electron chi connectivity index (χ1n) is 5.46. The predicted octanol–water partition coefficient (Wildman–Crippen LogP) is 2.31. The summed E-state index contributed by atoms with van der Waals surface area (Å²) in [6.45, 7) is 0. The summed E-state index contributed by atoms with van der Waals surface area (Å²) in [7, 11) is 0. The van der Waals surface area contributed by atoms with Crippen LogP contribution in [0.25, 0.3) is 0 Å². The molecule has 84 valence electrons. The van der Waals surface area contributed by atoms with E-state index in [0.29, 0.717) is 0 Å². The fourth-order valence-electron chi connectivity index (χ4n) is 2.03. The van der Waals surface area contributed by atoms with Crippen LogP contribution in [0.1, 0.15) is 22.9 Å². The van der Waals surface area contributed by atoms with Crippen molar-refractivity contribution < 1.29 is 0 Å². The van der Waals surface area contributed by atoms with Gasteiger partial charge < -0.3 is 9.97 Å².